The molecular weight excluding hydrogens is 322 g/mol. The summed E-state index contributed by atoms with van der Waals surface area (Å²) in [5, 5.41) is 3.64. The van der Waals surface area contributed by atoms with Gasteiger partial charge in [0.1, 0.15) is 0 Å². The number of carbonyl (C=O) groups is 1. The second-order valence-corrected chi connectivity index (χ2v) is 6.73. The smallest absolute Gasteiger partial charge is 0.292 e. The normalized spacial score (nSPS) is 24.3. The number of hydrogen-bond donors (Lipinski definition) is 0. The first-order valence-corrected chi connectivity index (χ1v) is 8.55. The summed E-state index contributed by atoms with van der Waals surface area (Å²) < 4.78 is 10.9. The van der Waals surface area contributed by atoms with Crippen molar-refractivity contribution in [2.45, 2.75) is 12.8 Å². The summed E-state index contributed by atoms with van der Waals surface area (Å²) in [6, 6.07) is 3.42. The summed E-state index contributed by atoms with van der Waals surface area (Å²) in [4.78, 5) is 25.4. The number of aromatic nitrogens is 3. The van der Waals surface area contributed by atoms with Crippen LogP contribution in [0, 0.1) is 5.41 Å². The van der Waals surface area contributed by atoms with Crippen LogP contribution in [0.2, 0.25) is 0 Å². The molecule has 8 heteroatoms. The van der Waals surface area contributed by atoms with Gasteiger partial charge in [-0.15, -0.1) is 0 Å². The Labute approximate surface area is 145 Å². The molecule has 4 heterocycles. The van der Waals surface area contributed by atoms with Gasteiger partial charge in [-0.05, 0) is 18.9 Å². The Morgan fingerprint density at radius 1 is 1.16 bits per heavy atom. The molecule has 1 spiro atoms. The molecular formula is C17H21N5O3. The summed E-state index contributed by atoms with van der Waals surface area (Å²) in [7, 11) is 0. The lowest BCUT2D eigenvalue weighted by molar-refractivity contribution is 0.0119. The van der Waals surface area contributed by atoms with Crippen molar-refractivity contribution >= 4 is 11.9 Å². The molecule has 2 saturated heterocycles. The van der Waals surface area contributed by atoms with E-state index in [1.165, 1.54) is 6.20 Å². The highest BCUT2D eigenvalue weighted by Gasteiger charge is 2.41. The van der Waals surface area contributed by atoms with Crippen molar-refractivity contribution in [3.63, 3.8) is 0 Å². The van der Waals surface area contributed by atoms with Gasteiger partial charge in [0.25, 0.3) is 5.91 Å². The van der Waals surface area contributed by atoms with Gasteiger partial charge in [-0.25, -0.2) is 9.97 Å². The fourth-order valence-electron chi connectivity index (χ4n) is 3.73. The zero-order chi connectivity index (χ0) is 17.1. The van der Waals surface area contributed by atoms with Gasteiger partial charge in [0, 0.05) is 50.1 Å². The minimum atomic E-state index is -0.121. The molecule has 1 atom stereocenters. The quantitative estimate of drug-likeness (QED) is 0.810. The fourth-order valence-corrected chi connectivity index (χ4v) is 3.73. The Kier molecular flexibility index (Phi) is 4.35. The van der Waals surface area contributed by atoms with Gasteiger partial charge in [0.2, 0.25) is 11.7 Å². The maximum Gasteiger partial charge on any atom is 0.292 e. The number of piperidine rings is 1. The monoisotopic (exact) mass is 343 g/mol. The van der Waals surface area contributed by atoms with E-state index in [-0.39, 0.29) is 17.1 Å². The number of anilines is 1. The van der Waals surface area contributed by atoms with Crippen molar-refractivity contribution in [3.8, 4) is 0 Å². The standard InChI is InChI=1S/C17H21N5O3/c23-15(14-3-7-20-25-14)21-8-1-4-17(11-21)12-22(9-10-24-13-17)16-18-5-2-6-19-16/h2-3,5-7H,1,4,8-13H2/t17-/m1/s1. The van der Waals surface area contributed by atoms with Crippen molar-refractivity contribution in [1.29, 1.82) is 0 Å². The molecule has 0 aromatic carbocycles. The number of hydrogen-bond acceptors (Lipinski definition) is 7. The molecule has 2 fully saturated rings. The summed E-state index contributed by atoms with van der Waals surface area (Å²) in [5.74, 6) is 0.893. The van der Waals surface area contributed by atoms with Crippen molar-refractivity contribution in [3.05, 3.63) is 36.5 Å². The molecule has 2 aliphatic heterocycles. The van der Waals surface area contributed by atoms with Crippen LogP contribution in [-0.2, 0) is 4.74 Å². The van der Waals surface area contributed by atoms with Crippen LogP contribution in [0.1, 0.15) is 23.4 Å². The first kappa shape index (κ1) is 16.0. The van der Waals surface area contributed by atoms with Gasteiger partial charge in [-0.2, -0.15) is 0 Å². The molecule has 4 rings (SSSR count). The Morgan fingerprint density at radius 2 is 2.04 bits per heavy atom. The van der Waals surface area contributed by atoms with Crippen LogP contribution in [0.3, 0.4) is 0 Å². The van der Waals surface area contributed by atoms with E-state index in [1.54, 1.807) is 18.5 Å². The van der Waals surface area contributed by atoms with E-state index in [2.05, 4.69) is 20.0 Å². The second kappa shape index (κ2) is 6.79. The average molecular weight is 343 g/mol. The number of carbonyl (C=O) groups excluding carboxylic acids is 1. The van der Waals surface area contributed by atoms with Gasteiger partial charge in [-0.1, -0.05) is 5.16 Å². The van der Waals surface area contributed by atoms with E-state index < -0.39 is 0 Å². The van der Waals surface area contributed by atoms with Crippen LogP contribution in [0.15, 0.2) is 35.2 Å². The molecule has 1 amide bonds. The molecule has 132 valence electrons. The minimum absolute atomic E-state index is 0.108. The first-order valence-electron chi connectivity index (χ1n) is 8.55. The van der Waals surface area contributed by atoms with E-state index in [4.69, 9.17) is 9.26 Å². The molecule has 0 bridgehead atoms. The maximum atomic E-state index is 12.6. The first-order chi connectivity index (χ1) is 12.3. The third-order valence-corrected chi connectivity index (χ3v) is 4.87. The van der Waals surface area contributed by atoms with Crippen LogP contribution in [0.4, 0.5) is 5.95 Å². The maximum absolute atomic E-state index is 12.6. The number of rotatable bonds is 2. The zero-order valence-corrected chi connectivity index (χ0v) is 14.0. The molecule has 8 nitrogen and oxygen atoms in total. The van der Waals surface area contributed by atoms with Crippen molar-refractivity contribution < 1.29 is 14.1 Å². The Bertz CT molecular complexity index is 708. The van der Waals surface area contributed by atoms with E-state index in [0.29, 0.717) is 25.7 Å². The molecule has 0 aliphatic carbocycles. The third-order valence-electron chi connectivity index (χ3n) is 4.87. The van der Waals surface area contributed by atoms with E-state index in [0.717, 1.165) is 32.5 Å². The highest BCUT2D eigenvalue weighted by molar-refractivity contribution is 5.91. The Hall–Kier alpha value is -2.48. The third kappa shape index (κ3) is 3.34. The van der Waals surface area contributed by atoms with Crippen LogP contribution < -0.4 is 4.90 Å². The van der Waals surface area contributed by atoms with Crippen LogP contribution in [0.25, 0.3) is 0 Å². The summed E-state index contributed by atoms with van der Waals surface area (Å²) >= 11 is 0. The molecule has 0 saturated carbocycles. The molecule has 0 N–H and O–H groups in total. The van der Waals surface area contributed by atoms with Crippen molar-refractivity contribution in [1.82, 2.24) is 20.0 Å². The molecule has 2 aromatic rings. The topological polar surface area (TPSA) is 84.6 Å². The molecule has 25 heavy (non-hydrogen) atoms. The minimum Gasteiger partial charge on any atom is -0.379 e. The van der Waals surface area contributed by atoms with Crippen molar-refractivity contribution in [2.75, 3.05) is 44.3 Å². The molecule has 2 aromatic heterocycles. The van der Waals surface area contributed by atoms with Crippen molar-refractivity contribution in [2.24, 2.45) is 5.41 Å². The Morgan fingerprint density at radius 3 is 2.84 bits per heavy atom. The lowest BCUT2D eigenvalue weighted by atomic mass is 9.80. The Balaban J connectivity index is 1.53. The zero-order valence-electron chi connectivity index (χ0n) is 14.0. The highest BCUT2D eigenvalue weighted by atomic mass is 16.5. The highest BCUT2D eigenvalue weighted by Crippen LogP contribution is 2.34. The SMILES string of the molecule is O=C(c1ccno1)N1CCC[C@@]2(COCCN(c3ncccn3)C2)C1. The van der Waals surface area contributed by atoms with Gasteiger partial charge in [0.15, 0.2) is 0 Å². The molecule has 0 unspecified atom stereocenters. The van der Waals surface area contributed by atoms with Gasteiger partial charge >= 0.3 is 0 Å². The fraction of sp³-hybridized carbons (Fsp3) is 0.529. The van der Waals surface area contributed by atoms with E-state index in [1.807, 2.05) is 11.0 Å². The lowest BCUT2D eigenvalue weighted by Crippen LogP contribution is -2.52. The number of nitrogens with zero attached hydrogens (tertiary/aromatic N) is 5. The second-order valence-electron chi connectivity index (χ2n) is 6.73. The predicted molar refractivity (Wildman–Crippen MR) is 89.1 cm³/mol. The van der Waals surface area contributed by atoms with Gasteiger partial charge in [0.05, 0.1) is 19.4 Å². The van der Waals surface area contributed by atoms with Crippen LogP contribution in [-0.4, -0.2) is 65.3 Å². The average Bonchev–Trinajstić information content (AvgIpc) is 3.12. The van der Waals surface area contributed by atoms with E-state index >= 15 is 0 Å². The van der Waals surface area contributed by atoms with Crippen LogP contribution in [0.5, 0.6) is 0 Å². The molecule has 2 aliphatic rings. The molecule has 0 radical (unpaired) electrons. The van der Waals surface area contributed by atoms with E-state index in [9.17, 15) is 4.79 Å². The lowest BCUT2D eigenvalue weighted by Gasteiger charge is -2.43. The largest absolute Gasteiger partial charge is 0.379 e. The number of amides is 1. The van der Waals surface area contributed by atoms with Gasteiger partial charge in [-0.3, -0.25) is 4.79 Å². The summed E-state index contributed by atoms with van der Waals surface area (Å²) in [6.45, 7) is 4.16. The van der Waals surface area contributed by atoms with Gasteiger partial charge < -0.3 is 19.1 Å². The summed E-state index contributed by atoms with van der Waals surface area (Å²) in [6.07, 6.45) is 6.95. The number of likely N-dealkylation sites (tertiary alicyclic amines) is 1. The summed E-state index contributed by atoms with van der Waals surface area (Å²) in [5.41, 5.74) is -0.121. The predicted octanol–water partition coefficient (Wildman–Crippen LogP) is 1.22. The van der Waals surface area contributed by atoms with Crippen LogP contribution >= 0.6 is 0 Å². The number of ether oxygens (including phenoxy) is 1.